The highest BCUT2D eigenvalue weighted by Crippen LogP contribution is 2.33. The van der Waals surface area contributed by atoms with Crippen molar-refractivity contribution in [2.45, 2.75) is 22.1 Å². The van der Waals surface area contributed by atoms with Gasteiger partial charge in [0.1, 0.15) is 12.7 Å². The Hall–Kier alpha value is -5.99. The average molecular weight is 976 g/mol. The Balaban J connectivity index is 0.000000208. The summed E-state index contributed by atoms with van der Waals surface area (Å²) in [5.74, 6) is -2.85. The van der Waals surface area contributed by atoms with Crippen molar-refractivity contribution in [2.75, 3.05) is 23.5 Å². The second-order valence-electron chi connectivity index (χ2n) is 12.5. The SMILES string of the molecule is CS(=O)(=O)Nc1ccc(-n2nc(C(F)(F)F)nc2-c2ccc(S(C)(=O)=O)cc2)cc1.CS(=O)(=O)c1ccc(-c2nc(C(F)(F)F)nn2-c2ccc(Br)cc2)cc1.c1nc[nH]n1. The van der Waals surface area contributed by atoms with E-state index in [-0.39, 0.29) is 38.4 Å². The summed E-state index contributed by atoms with van der Waals surface area (Å²) in [6, 6.07) is 22.6. The number of aromatic amines is 1. The third-order valence-electron chi connectivity index (χ3n) is 7.62. The van der Waals surface area contributed by atoms with Crippen molar-refractivity contribution >= 4 is 51.3 Å². The Morgan fingerprint density at radius 3 is 1.28 bits per heavy atom. The minimum atomic E-state index is -4.80. The molecule has 3 aromatic heterocycles. The molecule has 3 heterocycles. The number of sulfone groups is 2. The van der Waals surface area contributed by atoms with Crippen LogP contribution in [0.2, 0.25) is 0 Å². The maximum absolute atomic E-state index is 13.2. The van der Waals surface area contributed by atoms with Crippen LogP contribution in [0.5, 0.6) is 0 Å². The van der Waals surface area contributed by atoms with Crippen molar-refractivity contribution in [1.82, 2.24) is 44.7 Å². The van der Waals surface area contributed by atoms with Crippen molar-refractivity contribution in [1.29, 1.82) is 0 Å². The second kappa shape index (κ2) is 17.9. The van der Waals surface area contributed by atoms with Gasteiger partial charge in [-0.1, -0.05) is 15.9 Å². The highest BCUT2D eigenvalue weighted by atomic mass is 79.9. The first-order valence-corrected chi connectivity index (χ1v) is 23.1. The van der Waals surface area contributed by atoms with E-state index in [1.807, 2.05) is 0 Å². The first kappa shape index (κ1) is 46.1. The van der Waals surface area contributed by atoms with Crippen LogP contribution in [0.25, 0.3) is 34.2 Å². The zero-order valence-corrected chi connectivity index (χ0v) is 35.3. The van der Waals surface area contributed by atoms with E-state index in [1.54, 1.807) is 24.3 Å². The maximum Gasteiger partial charge on any atom is 0.453 e. The van der Waals surface area contributed by atoms with Crippen LogP contribution in [-0.4, -0.2) is 88.7 Å². The molecule has 0 saturated heterocycles. The molecular weight excluding hydrogens is 947 g/mol. The van der Waals surface area contributed by atoms with Crippen LogP contribution in [-0.2, 0) is 42.1 Å². The van der Waals surface area contributed by atoms with E-state index in [1.165, 1.54) is 85.5 Å². The molecule has 0 bridgehead atoms. The molecule has 7 aromatic rings. The summed E-state index contributed by atoms with van der Waals surface area (Å²) in [4.78, 5) is 10.8. The fourth-order valence-corrected chi connectivity index (χ4v) is 7.02. The van der Waals surface area contributed by atoms with Gasteiger partial charge in [-0.15, -0.1) is 10.2 Å². The topological polar surface area (TPSA) is 217 Å². The fourth-order valence-electron chi connectivity index (χ4n) is 4.93. The Kier molecular flexibility index (Phi) is 13.5. The van der Waals surface area contributed by atoms with E-state index in [2.05, 4.69) is 56.0 Å². The lowest BCUT2D eigenvalue weighted by molar-refractivity contribution is -0.145. The molecule has 0 fully saturated rings. The number of nitrogens with zero attached hydrogens (tertiary/aromatic N) is 8. The largest absolute Gasteiger partial charge is 0.453 e. The third kappa shape index (κ3) is 12.5. The van der Waals surface area contributed by atoms with Gasteiger partial charge < -0.3 is 0 Å². The highest BCUT2D eigenvalue weighted by Gasteiger charge is 2.38. The van der Waals surface area contributed by atoms with E-state index >= 15 is 0 Å². The van der Waals surface area contributed by atoms with Crippen LogP contribution in [0.1, 0.15) is 11.6 Å². The summed E-state index contributed by atoms with van der Waals surface area (Å²) in [6.07, 6.45) is -3.52. The van der Waals surface area contributed by atoms with Crippen LogP contribution in [0.15, 0.2) is 124 Å². The van der Waals surface area contributed by atoms with Gasteiger partial charge in [-0.2, -0.15) is 31.4 Å². The first-order chi connectivity index (χ1) is 28.3. The Morgan fingerprint density at radius 2 is 0.984 bits per heavy atom. The van der Waals surface area contributed by atoms with Crippen molar-refractivity contribution in [2.24, 2.45) is 0 Å². The summed E-state index contributed by atoms with van der Waals surface area (Å²) in [5.41, 5.74) is 1.32. The molecule has 7 rings (SSSR count). The van der Waals surface area contributed by atoms with Gasteiger partial charge in [0.15, 0.2) is 31.3 Å². The number of alkyl halides is 6. The predicted molar refractivity (Wildman–Crippen MR) is 212 cm³/mol. The predicted octanol–water partition coefficient (Wildman–Crippen LogP) is 6.65. The van der Waals surface area contributed by atoms with Crippen LogP contribution in [0.3, 0.4) is 0 Å². The molecule has 61 heavy (non-hydrogen) atoms. The first-order valence-electron chi connectivity index (χ1n) is 16.6. The zero-order chi connectivity index (χ0) is 45.0. The quantitative estimate of drug-likeness (QED) is 0.153. The summed E-state index contributed by atoms with van der Waals surface area (Å²) in [7, 11) is -10.4. The van der Waals surface area contributed by atoms with E-state index in [4.69, 9.17) is 0 Å². The smallest absolute Gasteiger partial charge is 0.284 e. The minimum Gasteiger partial charge on any atom is -0.284 e. The van der Waals surface area contributed by atoms with Gasteiger partial charge in [-0.05, 0) is 97.1 Å². The molecule has 26 heteroatoms. The molecule has 0 amide bonds. The van der Waals surface area contributed by atoms with Crippen molar-refractivity contribution in [3.05, 3.63) is 126 Å². The number of H-pyrrole nitrogens is 1. The summed E-state index contributed by atoms with van der Waals surface area (Å²) < 4.78 is 153. The van der Waals surface area contributed by atoms with Crippen LogP contribution in [0, 0.1) is 0 Å². The monoisotopic (exact) mass is 974 g/mol. The van der Waals surface area contributed by atoms with Gasteiger partial charge in [0.05, 0.1) is 27.4 Å². The van der Waals surface area contributed by atoms with Crippen molar-refractivity contribution in [3.8, 4) is 34.2 Å². The third-order valence-corrected chi connectivity index (χ3v) is 11.0. The number of benzene rings is 4. The van der Waals surface area contributed by atoms with Crippen LogP contribution in [0.4, 0.5) is 32.0 Å². The van der Waals surface area contributed by atoms with Crippen LogP contribution < -0.4 is 4.72 Å². The number of anilines is 1. The number of halogens is 7. The number of sulfonamides is 1. The van der Waals surface area contributed by atoms with E-state index < -0.39 is 53.7 Å². The minimum absolute atomic E-state index is 0.00422. The molecule has 0 atom stereocenters. The van der Waals surface area contributed by atoms with Gasteiger partial charge in [-0.25, -0.2) is 49.6 Å². The average Bonchev–Trinajstić information content (AvgIpc) is 3.97. The standard InChI is InChI=1S/C17H15F3N4O4S2.C16H11BrF3N3O2S.C2H3N3/c1-29(25,26)14-9-3-11(4-10-14)15-21-16(17(18,19)20)22-24(15)13-7-5-12(6-8-13)23-30(2,27)28;1-26(24,25)13-8-2-10(3-9-13)14-21-15(16(18,19)20)22-23(14)12-6-4-11(17)5-7-12;1-3-2-5-4-1/h3-10,23H,1-2H3;2-9H,1H3;1-2H,(H,3,4,5). The molecule has 16 nitrogen and oxygen atoms in total. The molecule has 322 valence electrons. The Labute approximate surface area is 351 Å². The maximum atomic E-state index is 13.2. The molecule has 0 aliphatic rings. The number of aromatic nitrogens is 9. The Bertz CT molecular complexity index is 2910. The number of rotatable bonds is 8. The molecule has 0 aliphatic carbocycles. The molecule has 0 spiro atoms. The van der Waals surface area contributed by atoms with Crippen molar-refractivity contribution < 1.29 is 51.6 Å². The molecular formula is C35H29BrF6N10O6S3. The number of hydrogen-bond donors (Lipinski definition) is 2. The molecule has 0 radical (unpaired) electrons. The van der Waals surface area contributed by atoms with Crippen LogP contribution >= 0.6 is 15.9 Å². The van der Waals surface area contributed by atoms with E-state index in [0.717, 1.165) is 32.6 Å². The number of nitrogens with one attached hydrogen (secondary N) is 2. The lowest BCUT2D eigenvalue weighted by Crippen LogP contribution is -2.10. The van der Waals surface area contributed by atoms with Gasteiger partial charge in [0.25, 0.3) is 11.6 Å². The van der Waals surface area contributed by atoms with Gasteiger partial charge in [0, 0.05) is 33.8 Å². The van der Waals surface area contributed by atoms with Gasteiger partial charge in [-0.3, -0.25) is 9.82 Å². The Morgan fingerprint density at radius 1 is 0.590 bits per heavy atom. The van der Waals surface area contributed by atoms with Crippen molar-refractivity contribution in [3.63, 3.8) is 0 Å². The molecule has 0 unspecified atom stereocenters. The number of hydrogen-bond acceptors (Lipinski definition) is 12. The lowest BCUT2D eigenvalue weighted by atomic mass is 10.2. The molecule has 0 saturated carbocycles. The lowest BCUT2D eigenvalue weighted by Gasteiger charge is -2.08. The summed E-state index contributed by atoms with van der Waals surface area (Å²) in [6.45, 7) is 0. The zero-order valence-electron chi connectivity index (χ0n) is 31.3. The van der Waals surface area contributed by atoms with Gasteiger partial charge >= 0.3 is 12.4 Å². The molecule has 4 aromatic carbocycles. The van der Waals surface area contributed by atoms with E-state index in [0.29, 0.717) is 11.3 Å². The van der Waals surface area contributed by atoms with Gasteiger partial charge in [0.2, 0.25) is 10.0 Å². The second-order valence-corrected chi connectivity index (χ2v) is 19.2. The fraction of sp³-hybridized carbons (Fsp3) is 0.143. The summed E-state index contributed by atoms with van der Waals surface area (Å²) >= 11 is 3.26. The molecule has 0 aliphatic heterocycles. The molecule has 2 N–H and O–H groups in total. The normalized spacial score (nSPS) is 12.2. The van der Waals surface area contributed by atoms with E-state index in [9.17, 15) is 51.6 Å². The highest BCUT2D eigenvalue weighted by molar-refractivity contribution is 9.10. The summed E-state index contributed by atoms with van der Waals surface area (Å²) in [5, 5.41) is 13.1.